The van der Waals surface area contributed by atoms with E-state index < -0.39 is 0 Å². The molecule has 0 N–H and O–H groups in total. The fourth-order valence-electron chi connectivity index (χ4n) is 4.27. The number of hydrogen-bond donors (Lipinski definition) is 0. The molecule has 0 atom stereocenters. The van der Waals surface area contributed by atoms with Crippen molar-refractivity contribution in [2.45, 2.75) is 72.1 Å². The van der Waals surface area contributed by atoms with Gasteiger partial charge in [-0.2, -0.15) is 0 Å². The molecule has 7 heteroatoms. The van der Waals surface area contributed by atoms with Gasteiger partial charge in [-0.25, -0.2) is 4.57 Å². The minimum atomic E-state index is 0. The van der Waals surface area contributed by atoms with E-state index in [2.05, 4.69) is 59.5 Å². The zero-order valence-corrected chi connectivity index (χ0v) is 22.7. The molecule has 3 aromatic rings. The molecule has 0 fully saturated rings. The molecule has 0 aliphatic carbocycles. The van der Waals surface area contributed by atoms with Gasteiger partial charge in [-0.1, -0.05) is 54.0 Å². The van der Waals surface area contributed by atoms with Crippen molar-refractivity contribution >= 4 is 21.7 Å². The highest BCUT2D eigenvalue weighted by molar-refractivity contribution is 9.10. The smallest absolute Gasteiger partial charge is 0.315 e. The van der Waals surface area contributed by atoms with Crippen molar-refractivity contribution in [2.75, 3.05) is 0 Å². The molecular weight excluding hydrogens is 546 g/mol. The lowest BCUT2D eigenvalue weighted by atomic mass is 10.0. The minimum Gasteiger partial charge on any atom is -1.00 e. The number of aryl methyl sites for hydroxylation is 1. The summed E-state index contributed by atoms with van der Waals surface area (Å²) in [5.74, 6) is 3.39. The maximum Gasteiger partial charge on any atom is 0.315 e. The van der Waals surface area contributed by atoms with E-state index in [1.165, 1.54) is 17.5 Å². The highest BCUT2D eigenvalue weighted by Crippen LogP contribution is 2.28. The summed E-state index contributed by atoms with van der Waals surface area (Å²) in [5.41, 5.74) is 3.09. The third kappa shape index (κ3) is 6.12. The molecule has 0 saturated heterocycles. The van der Waals surface area contributed by atoms with Crippen LogP contribution < -0.4 is 26.3 Å². The van der Waals surface area contributed by atoms with Crippen molar-refractivity contribution < 1.29 is 31.1 Å². The van der Waals surface area contributed by atoms with Crippen LogP contribution in [0.5, 0.6) is 5.75 Å². The number of ketones is 1. The monoisotopic (exact) mass is 575 g/mol. The molecule has 0 bridgehead atoms. The molecular formula is C26H31Br2N3O2. The van der Waals surface area contributed by atoms with Gasteiger partial charge >= 0.3 is 5.82 Å². The Bertz CT molecular complexity index is 1110. The highest BCUT2D eigenvalue weighted by atomic mass is 79.9. The van der Waals surface area contributed by atoms with Crippen LogP contribution in [-0.2, 0) is 26.1 Å². The number of ether oxygens (including phenoxy) is 1. The first-order valence-electron chi connectivity index (χ1n) is 11.4. The Balaban J connectivity index is 0.00000306. The van der Waals surface area contributed by atoms with Gasteiger partial charge in [0.15, 0.2) is 18.9 Å². The molecule has 1 aliphatic rings. The fourth-order valence-corrected chi connectivity index (χ4v) is 4.54. The quantitative estimate of drug-likeness (QED) is 0.321. The van der Waals surface area contributed by atoms with Crippen LogP contribution in [0.1, 0.15) is 72.2 Å². The predicted molar refractivity (Wildman–Crippen MR) is 128 cm³/mol. The van der Waals surface area contributed by atoms with Crippen LogP contribution >= 0.6 is 15.9 Å². The Hall–Kier alpha value is -1.99. The number of carbonyl (C=O) groups excluding carboxylic acids is 1. The highest BCUT2D eigenvalue weighted by Gasteiger charge is 2.29. The second-order valence-electron chi connectivity index (χ2n) is 8.87. The molecule has 5 nitrogen and oxygen atoms in total. The first kappa shape index (κ1) is 25.6. The Morgan fingerprint density at radius 2 is 1.91 bits per heavy atom. The van der Waals surface area contributed by atoms with Gasteiger partial charge in [0.1, 0.15) is 5.75 Å². The van der Waals surface area contributed by atoms with Gasteiger partial charge in [0, 0.05) is 21.6 Å². The second-order valence-corrected chi connectivity index (χ2v) is 9.78. The first-order chi connectivity index (χ1) is 15.4. The van der Waals surface area contributed by atoms with Crippen LogP contribution in [0.4, 0.5) is 0 Å². The number of rotatable bonds is 7. The summed E-state index contributed by atoms with van der Waals surface area (Å²) in [7, 11) is 0. The summed E-state index contributed by atoms with van der Waals surface area (Å²) in [6, 6.07) is 13.9. The van der Waals surface area contributed by atoms with Gasteiger partial charge in [-0.15, -0.1) is 4.68 Å². The molecule has 0 spiro atoms. The van der Waals surface area contributed by atoms with Gasteiger partial charge in [-0.3, -0.25) is 4.79 Å². The van der Waals surface area contributed by atoms with Gasteiger partial charge in [0.25, 0.3) is 0 Å². The van der Waals surface area contributed by atoms with Gasteiger partial charge < -0.3 is 21.7 Å². The van der Waals surface area contributed by atoms with Crippen molar-refractivity contribution in [2.24, 2.45) is 0 Å². The van der Waals surface area contributed by atoms with Gasteiger partial charge in [0.05, 0.1) is 6.54 Å². The van der Waals surface area contributed by atoms with Crippen molar-refractivity contribution in [1.82, 2.24) is 9.78 Å². The van der Waals surface area contributed by atoms with Crippen LogP contribution in [0.3, 0.4) is 0 Å². The molecule has 1 aromatic heterocycles. The van der Waals surface area contributed by atoms with Crippen LogP contribution in [0.25, 0.3) is 0 Å². The number of halogens is 2. The zero-order valence-electron chi connectivity index (χ0n) is 19.5. The molecule has 0 amide bonds. The molecule has 2 aromatic carbocycles. The molecule has 1 aliphatic heterocycles. The van der Waals surface area contributed by atoms with E-state index in [-0.39, 0.29) is 29.3 Å². The van der Waals surface area contributed by atoms with E-state index in [0.29, 0.717) is 18.1 Å². The van der Waals surface area contributed by atoms with E-state index in [1.807, 2.05) is 28.9 Å². The Morgan fingerprint density at radius 1 is 1.15 bits per heavy atom. The average Bonchev–Trinajstić information content (AvgIpc) is 2.92. The number of aromatic nitrogens is 3. The Morgan fingerprint density at radius 3 is 2.64 bits per heavy atom. The van der Waals surface area contributed by atoms with Crippen molar-refractivity contribution in [1.29, 1.82) is 0 Å². The molecule has 176 valence electrons. The van der Waals surface area contributed by atoms with Crippen LogP contribution in [0.15, 0.2) is 46.9 Å². The summed E-state index contributed by atoms with van der Waals surface area (Å²) in [5, 5.41) is 4.85. The maximum absolute atomic E-state index is 12.9. The Labute approximate surface area is 215 Å². The van der Waals surface area contributed by atoms with Crippen LogP contribution in [-0.4, -0.2) is 15.6 Å². The third-order valence-corrected chi connectivity index (χ3v) is 6.58. The zero-order chi connectivity index (χ0) is 22.7. The second kappa shape index (κ2) is 11.4. The average molecular weight is 577 g/mol. The standard InChI is InChI=1S/C26H31BrN3O2.BrH/c1-18(2)22-13-8-19(3)15-24(22)32-17-25-28-30(26-7-5-4-6-14-29(25)26)16-23(31)20-9-11-21(27)12-10-20;/h8-13,15,18H,4-7,14,16-17H2,1-3H3;1H/q+1;/p-1. The van der Waals surface area contributed by atoms with E-state index in [9.17, 15) is 4.79 Å². The molecule has 33 heavy (non-hydrogen) atoms. The van der Waals surface area contributed by atoms with E-state index in [1.54, 1.807) is 0 Å². The molecule has 0 radical (unpaired) electrons. The summed E-state index contributed by atoms with van der Waals surface area (Å²) in [6.07, 6.45) is 4.37. The lowest BCUT2D eigenvalue weighted by molar-refractivity contribution is -0.712. The van der Waals surface area contributed by atoms with Crippen molar-refractivity contribution in [3.05, 3.63) is 75.3 Å². The van der Waals surface area contributed by atoms with Gasteiger partial charge in [0.2, 0.25) is 5.82 Å². The summed E-state index contributed by atoms with van der Waals surface area (Å²) in [4.78, 5) is 12.9. The van der Waals surface area contributed by atoms with Crippen molar-refractivity contribution in [3.63, 3.8) is 0 Å². The third-order valence-electron chi connectivity index (χ3n) is 6.05. The largest absolute Gasteiger partial charge is 1.00 e. The number of nitrogens with zero attached hydrogens (tertiary/aromatic N) is 3. The number of hydrogen-bond acceptors (Lipinski definition) is 3. The van der Waals surface area contributed by atoms with Crippen LogP contribution in [0.2, 0.25) is 0 Å². The summed E-state index contributed by atoms with van der Waals surface area (Å²) >= 11 is 3.43. The number of fused-ring (bicyclic) bond motifs is 1. The normalized spacial score (nSPS) is 13.2. The van der Waals surface area contributed by atoms with E-state index in [4.69, 9.17) is 9.84 Å². The molecule has 2 heterocycles. The number of carbonyl (C=O) groups is 1. The Kier molecular flexibility index (Phi) is 8.88. The first-order valence-corrected chi connectivity index (χ1v) is 12.2. The number of Topliss-reactive ketones (excluding diaryl/α,β-unsaturated/α-hetero) is 1. The van der Waals surface area contributed by atoms with E-state index >= 15 is 0 Å². The molecule has 0 unspecified atom stereocenters. The molecule has 4 rings (SSSR count). The summed E-state index contributed by atoms with van der Waals surface area (Å²) < 4.78 is 11.4. The number of benzene rings is 2. The predicted octanol–water partition coefficient (Wildman–Crippen LogP) is 2.56. The minimum absolute atomic E-state index is 0. The van der Waals surface area contributed by atoms with Crippen molar-refractivity contribution in [3.8, 4) is 5.75 Å². The molecule has 0 saturated carbocycles. The fraction of sp³-hybridized carbons (Fsp3) is 0.423. The lowest BCUT2D eigenvalue weighted by Crippen LogP contribution is -3.00. The van der Waals surface area contributed by atoms with Gasteiger partial charge in [-0.05, 0) is 61.4 Å². The SMILES string of the molecule is Cc1ccc(C(C)C)c(OCc2nn(CC(=O)c3ccc(Br)cc3)c3[n+]2CCCCC3)c1.[Br-]. The maximum atomic E-state index is 12.9. The lowest BCUT2D eigenvalue weighted by Gasteiger charge is -2.13. The van der Waals surface area contributed by atoms with E-state index in [0.717, 1.165) is 47.7 Å². The summed E-state index contributed by atoms with van der Waals surface area (Å²) in [6.45, 7) is 8.02. The van der Waals surface area contributed by atoms with Crippen LogP contribution in [0, 0.1) is 6.92 Å². The topological polar surface area (TPSA) is 48.0 Å².